The van der Waals surface area contributed by atoms with Crippen LogP contribution in [0.15, 0.2) is 78.4 Å². The minimum absolute atomic E-state index is 0. The van der Waals surface area contributed by atoms with Gasteiger partial charge in [-0.1, -0.05) is 0 Å². The van der Waals surface area contributed by atoms with Gasteiger partial charge in [0.15, 0.2) is 0 Å². The molecule has 0 N–H and O–H groups in total. The minimum atomic E-state index is -0.606. The molecule has 0 aromatic heterocycles. The molecule has 192 valence electrons. The number of rotatable bonds is 5. The minimum Gasteiger partial charge on any atom is -1.00 e. The fraction of sp³-hybridized carbons (Fsp3) is 0.235. The van der Waals surface area contributed by atoms with E-state index in [0.29, 0.717) is 5.92 Å². The normalized spacial score (nSPS) is 14.6. The van der Waals surface area contributed by atoms with E-state index in [4.69, 9.17) is 0 Å². The first kappa shape index (κ1) is 29.3. The maximum absolute atomic E-state index is 2.56. The Balaban J connectivity index is 0.00000168. The van der Waals surface area contributed by atoms with Gasteiger partial charge in [-0.2, -0.15) is 0 Å². The van der Waals surface area contributed by atoms with Crippen LogP contribution in [0.25, 0.3) is 28.3 Å². The smallest absolute Gasteiger partial charge is 1.00 e. The van der Waals surface area contributed by atoms with Gasteiger partial charge in [-0.25, -0.2) is 0 Å². The van der Waals surface area contributed by atoms with E-state index < -0.39 is 28.3 Å². The van der Waals surface area contributed by atoms with Gasteiger partial charge >= 0.3 is 230 Å². The first-order valence-corrected chi connectivity index (χ1v) is 21.7. The van der Waals surface area contributed by atoms with Crippen LogP contribution < -0.4 is 28.1 Å². The molecular formula is C34H34Cl2SiZr. The number of hydrogen-bond donors (Lipinski definition) is 0. The van der Waals surface area contributed by atoms with Crippen molar-refractivity contribution in [2.75, 3.05) is 0 Å². The van der Waals surface area contributed by atoms with Crippen LogP contribution in [-0.2, 0) is 28.8 Å². The third-order valence-electron chi connectivity index (χ3n) is 8.00. The average molecular weight is 633 g/mol. The second kappa shape index (κ2) is 11.8. The number of halogens is 2. The summed E-state index contributed by atoms with van der Waals surface area (Å²) in [6.45, 7) is 11.9. The van der Waals surface area contributed by atoms with Crippen LogP contribution in [0.3, 0.4) is 0 Å². The van der Waals surface area contributed by atoms with Crippen LogP contribution in [0.5, 0.6) is 0 Å². The third-order valence-corrected chi connectivity index (χ3v) is 16.5. The summed E-state index contributed by atoms with van der Waals surface area (Å²) in [5.74, 6) is -0.200. The summed E-state index contributed by atoms with van der Waals surface area (Å²) < 4.78 is 1.76. The van der Waals surface area contributed by atoms with Crippen molar-refractivity contribution in [3.8, 4) is 22.3 Å². The summed E-state index contributed by atoms with van der Waals surface area (Å²) in [4.78, 5) is 0. The van der Waals surface area contributed by atoms with Crippen molar-refractivity contribution in [3.05, 3.63) is 117 Å². The van der Waals surface area contributed by atoms with Crippen LogP contribution in [0.4, 0.5) is 0 Å². The van der Waals surface area contributed by atoms with Crippen molar-refractivity contribution < 1.29 is 47.2 Å². The monoisotopic (exact) mass is 630 g/mol. The van der Waals surface area contributed by atoms with E-state index >= 15 is 0 Å². The summed E-state index contributed by atoms with van der Waals surface area (Å²) in [5, 5.41) is 0. The maximum atomic E-state index is 2.56. The molecule has 0 bridgehead atoms. The Labute approximate surface area is 252 Å². The molecule has 1 unspecified atom stereocenters. The number of benzene rings is 4. The van der Waals surface area contributed by atoms with Crippen molar-refractivity contribution in [1.29, 1.82) is 0 Å². The molecule has 4 heteroatoms. The van der Waals surface area contributed by atoms with Gasteiger partial charge in [0.1, 0.15) is 0 Å². The molecule has 2 aliphatic rings. The molecule has 0 heterocycles. The Morgan fingerprint density at radius 2 is 1.55 bits per heavy atom. The van der Waals surface area contributed by atoms with Gasteiger partial charge in [-0.05, 0) is 0 Å². The van der Waals surface area contributed by atoms with Crippen molar-refractivity contribution in [2.24, 2.45) is 0 Å². The Morgan fingerprint density at radius 1 is 0.816 bits per heavy atom. The van der Waals surface area contributed by atoms with Crippen molar-refractivity contribution in [3.63, 3.8) is 0 Å². The Hall–Kier alpha value is -1.70. The number of allylic oxidation sites excluding steroid dienone is 1. The fourth-order valence-corrected chi connectivity index (χ4v) is 14.7. The van der Waals surface area contributed by atoms with Gasteiger partial charge in [0, 0.05) is 0 Å². The molecule has 0 spiro atoms. The van der Waals surface area contributed by atoms with Crippen LogP contribution in [0.2, 0.25) is 13.1 Å². The van der Waals surface area contributed by atoms with E-state index in [2.05, 4.69) is 113 Å². The SMILES string of the molecule is CCC1=Cc2c(-c3ccc(C)cc3C)cccc2C1c1[c]([Zr+2][SiH](C)C)ccc2c1Cc1ccccc1-2.[Cl-].[Cl-]. The maximum Gasteiger partial charge on any atom is -1.00 e. The third kappa shape index (κ3) is 4.99. The molecule has 1 atom stereocenters. The summed E-state index contributed by atoms with van der Waals surface area (Å²) in [7, 11) is 0. The molecular weight excluding hydrogens is 599 g/mol. The van der Waals surface area contributed by atoms with Crippen molar-refractivity contribution in [1.82, 2.24) is 0 Å². The van der Waals surface area contributed by atoms with Crippen molar-refractivity contribution >= 4 is 15.3 Å². The van der Waals surface area contributed by atoms with E-state index in [1.54, 1.807) is 20.0 Å². The van der Waals surface area contributed by atoms with Gasteiger partial charge in [-0.15, -0.1) is 0 Å². The number of aryl methyl sites for hydroxylation is 2. The van der Waals surface area contributed by atoms with Gasteiger partial charge < -0.3 is 24.8 Å². The average Bonchev–Trinajstić information content (AvgIpc) is 3.42. The van der Waals surface area contributed by atoms with E-state index in [1.807, 2.05) is 0 Å². The molecule has 0 fully saturated rings. The van der Waals surface area contributed by atoms with E-state index in [1.165, 1.54) is 50.1 Å². The molecule has 0 saturated heterocycles. The molecule has 0 saturated carbocycles. The van der Waals surface area contributed by atoms with Gasteiger partial charge in [0.05, 0.1) is 0 Å². The molecule has 0 nitrogen and oxygen atoms in total. The molecule has 2 aliphatic carbocycles. The van der Waals surface area contributed by atoms with Crippen LogP contribution >= 0.6 is 0 Å². The van der Waals surface area contributed by atoms with Crippen molar-refractivity contribution in [2.45, 2.75) is 52.6 Å². The quantitative estimate of drug-likeness (QED) is 0.261. The topological polar surface area (TPSA) is 0 Å². The zero-order valence-electron chi connectivity index (χ0n) is 22.8. The molecule has 6 rings (SSSR count). The van der Waals surface area contributed by atoms with Crippen LogP contribution in [0.1, 0.15) is 58.2 Å². The predicted molar refractivity (Wildman–Crippen MR) is 155 cm³/mol. The second-order valence-corrected chi connectivity index (χ2v) is 25.4. The number of hydrogen-bond acceptors (Lipinski definition) is 0. The Kier molecular flexibility index (Phi) is 9.10. The first-order chi connectivity index (χ1) is 17.5. The van der Waals surface area contributed by atoms with Crippen LogP contribution in [-0.4, -0.2) is 5.92 Å². The summed E-state index contributed by atoms with van der Waals surface area (Å²) >= 11 is -0.569. The summed E-state index contributed by atoms with van der Waals surface area (Å²) in [5.41, 5.74) is 17.8. The number of fused-ring (bicyclic) bond motifs is 4. The van der Waals surface area contributed by atoms with Gasteiger partial charge in [0.2, 0.25) is 0 Å². The second-order valence-electron chi connectivity index (χ2n) is 10.8. The Morgan fingerprint density at radius 3 is 2.29 bits per heavy atom. The summed E-state index contributed by atoms with van der Waals surface area (Å²) in [6, 6.07) is 28.1. The zero-order chi connectivity index (χ0) is 25.0. The largest absolute Gasteiger partial charge is 1.00 e. The zero-order valence-corrected chi connectivity index (χ0v) is 28.0. The summed E-state index contributed by atoms with van der Waals surface area (Å²) in [6.07, 6.45) is 4.75. The molecule has 38 heavy (non-hydrogen) atoms. The van der Waals surface area contributed by atoms with E-state index in [9.17, 15) is 0 Å². The van der Waals surface area contributed by atoms with Gasteiger partial charge in [-0.3, -0.25) is 0 Å². The van der Waals surface area contributed by atoms with E-state index in [-0.39, 0.29) is 24.8 Å². The van der Waals surface area contributed by atoms with E-state index in [0.717, 1.165) is 12.8 Å². The molecule has 0 aliphatic heterocycles. The standard InChI is InChI=1S/C32H27.C2H7Si.2ClH.Zr/c1-4-22-18-30-26(24-16-15-20(2)17-21(24)3)11-7-13-28(30)32(22)29-14-8-12-27-25-10-6-5-9-23(25)19-31(27)29;1-3-2;;;/h5-13,15-18,32H,4,19H2,1-3H3;3H,1-2H3;2*1H;/q;;;;+2/p-2. The first-order valence-electron chi connectivity index (χ1n) is 13.4. The van der Waals surface area contributed by atoms with Crippen LogP contribution in [0, 0.1) is 13.8 Å². The van der Waals surface area contributed by atoms with Gasteiger partial charge in [0.25, 0.3) is 0 Å². The molecule has 0 amide bonds. The fourth-order valence-electron chi connectivity index (χ4n) is 6.46. The predicted octanol–water partition coefficient (Wildman–Crippen LogP) is 2.18. The molecule has 4 aromatic carbocycles. The molecule has 4 aromatic rings. The Bertz CT molecular complexity index is 1540. The molecule has 0 radical (unpaired) electrons.